The lowest BCUT2D eigenvalue weighted by atomic mass is 10.1. The quantitative estimate of drug-likeness (QED) is 0.188. The SMILES string of the molecule is Cc1ccccc1OCc1nnc(SCc2cc([N+](=O)[O-])cc3c2OCOC3)n1-c1ccccc1. The molecule has 0 unspecified atom stereocenters. The van der Waals surface area contributed by atoms with Crippen molar-refractivity contribution in [3.8, 4) is 17.2 Å². The monoisotopic (exact) mass is 490 g/mol. The first-order valence-corrected chi connectivity index (χ1v) is 11.9. The molecule has 10 heteroatoms. The van der Waals surface area contributed by atoms with Crippen molar-refractivity contribution in [3.05, 3.63) is 99.4 Å². The highest BCUT2D eigenvalue weighted by molar-refractivity contribution is 7.98. The van der Waals surface area contributed by atoms with Crippen LogP contribution in [0.2, 0.25) is 0 Å². The van der Waals surface area contributed by atoms with Gasteiger partial charge in [-0.2, -0.15) is 0 Å². The molecule has 0 amide bonds. The van der Waals surface area contributed by atoms with E-state index in [-0.39, 0.29) is 25.7 Å². The molecule has 1 aliphatic rings. The molecule has 2 heterocycles. The summed E-state index contributed by atoms with van der Waals surface area (Å²) in [5.74, 6) is 2.47. The predicted molar refractivity (Wildman–Crippen MR) is 130 cm³/mol. The van der Waals surface area contributed by atoms with Gasteiger partial charge in [-0.05, 0) is 30.7 Å². The number of thioether (sulfide) groups is 1. The van der Waals surface area contributed by atoms with Gasteiger partial charge in [-0.25, -0.2) is 0 Å². The first kappa shape index (κ1) is 22.9. The van der Waals surface area contributed by atoms with Crippen LogP contribution in [0.25, 0.3) is 5.69 Å². The van der Waals surface area contributed by atoms with E-state index in [4.69, 9.17) is 14.2 Å². The van der Waals surface area contributed by atoms with Gasteiger partial charge in [-0.3, -0.25) is 14.7 Å². The number of para-hydroxylation sites is 2. The Morgan fingerprint density at radius 1 is 1.11 bits per heavy atom. The Labute approximate surface area is 205 Å². The van der Waals surface area contributed by atoms with E-state index >= 15 is 0 Å². The van der Waals surface area contributed by atoms with E-state index in [0.29, 0.717) is 33.6 Å². The lowest BCUT2D eigenvalue weighted by Crippen LogP contribution is -2.13. The zero-order chi connectivity index (χ0) is 24.2. The molecule has 0 bridgehead atoms. The Kier molecular flexibility index (Phi) is 6.64. The van der Waals surface area contributed by atoms with E-state index in [1.54, 1.807) is 6.07 Å². The minimum absolute atomic E-state index is 0.00490. The molecule has 1 aromatic heterocycles. The van der Waals surface area contributed by atoms with E-state index < -0.39 is 4.92 Å². The third kappa shape index (κ3) is 4.98. The van der Waals surface area contributed by atoms with Crippen LogP contribution in [-0.4, -0.2) is 26.5 Å². The summed E-state index contributed by atoms with van der Waals surface area (Å²) in [6.45, 7) is 2.61. The van der Waals surface area contributed by atoms with Gasteiger partial charge < -0.3 is 14.2 Å². The number of non-ortho nitro benzene ring substituents is 1. The Balaban J connectivity index is 1.44. The molecule has 0 saturated carbocycles. The molecule has 178 valence electrons. The number of aromatic nitrogens is 3. The second kappa shape index (κ2) is 10.2. The first-order valence-electron chi connectivity index (χ1n) is 10.9. The van der Waals surface area contributed by atoms with Gasteiger partial charge in [-0.1, -0.05) is 48.2 Å². The summed E-state index contributed by atoms with van der Waals surface area (Å²) in [5, 5.41) is 20.9. The average Bonchev–Trinajstić information content (AvgIpc) is 3.29. The predicted octanol–water partition coefficient (Wildman–Crippen LogP) is 5.22. The molecule has 0 atom stereocenters. The lowest BCUT2D eigenvalue weighted by molar-refractivity contribution is -0.385. The van der Waals surface area contributed by atoms with Crippen molar-refractivity contribution in [2.75, 3.05) is 6.79 Å². The molecule has 0 aliphatic carbocycles. The largest absolute Gasteiger partial charge is 0.485 e. The number of nitro groups is 1. The van der Waals surface area contributed by atoms with Crippen molar-refractivity contribution < 1.29 is 19.1 Å². The highest BCUT2D eigenvalue weighted by Gasteiger charge is 2.22. The maximum absolute atomic E-state index is 11.4. The average molecular weight is 491 g/mol. The fraction of sp³-hybridized carbons (Fsp3) is 0.200. The summed E-state index contributed by atoms with van der Waals surface area (Å²) in [6, 6.07) is 20.6. The van der Waals surface area contributed by atoms with E-state index in [1.807, 2.05) is 66.1 Å². The molecule has 0 saturated heterocycles. The van der Waals surface area contributed by atoms with Gasteiger partial charge in [-0.15, -0.1) is 10.2 Å². The van der Waals surface area contributed by atoms with E-state index in [1.165, 1.54) is 17.8 Å². The summed E-state index contributed by atoms with van der Waals surface area (Å²) in [6.07, 6.45) is 0. The highest BCUT2D eigenvalue weighted by Crippen LogP contribution is 2.36. The van der Waals surface area contributed by atoms with Crippen molar-refractivity contribution in [2.45, 2.75) is 31.0 Å². The van der Waals surface area contributed by atoms with Gasteiger partial charge in [0.05, 0.1) is 11.5 Å². The number of fused-ring (bicyclic) bond motifs is 1. The smallest absolute Gasteiger partial charge is 0.270 e. The van der Waals surface area contributed by atoms with Crippen molar-refractivity contribution in [2.24, 2.45) is 0 Å². The Morgan fingerprint density at radius 3 is 2.71 bits per heavy atom. The fourth-order valence-electron chi connectivity index (χ4n) is 3.82. The molecule has 0 fully saturated rings. The van der Waals surface area contributed by atoms with Crippen LogP contribution in [0.15, 0.2) is 71.9 Å². The minimum atomic E-state index is -0.406. The molecular weight excluding hydrogens is 468 g/mol. The van der Waals surface area contributed by atoms with Crippen molar-refractivity contribution in [1.29, 1.82) is 0 Å². The Hall–Kier alpha value is -3.89. The zero-order valence-electron chi connectivity index (χ0n) is 18.9. The fourth-order valence-corrected chi connectivity index (χ4v) is 4.76. The van der Waals surface area contributed by atoms with E-state index in [0.717, 1.165) is 17.0 Å². The van der Waals surface area contributed by atoms with Gasteiger partial charge in [0.2, 0.25) is 0 Å². The van der Waals surface area contributed by atoms with Crippen LogP contribution in [0.4, 0.5) is 5.69 Å². The number of hydrogen-bond acceptors (Lipinski definition) is 8. The van der Waals surface area contributed by atoms with Crippen LogP contribution >= 0.6 is 11.8 Å². The third-order valence-electron chi connectivity index (χ3n) is 5.50. The molecule has 35 heavy (non-hydrogen) atoms. The number of rotatable bonds is 8. The van der Waals surface area contributed by atoms with Gasteiger partial charge in [0.1, 0.15) is 18.1 Å². The third-order valence-corrected chi connectivity index (χ3v) is 6.48. The maximum Gasteiger partial charge on any atom is 0.270 e. The minimum Gasteiger partial charge on any atom is -0.485 e. The molecule has 0 N–H and O–H groups in total. The van der Waals surface area contributed by atoms with Crippen LogP contribution in [0.5, 0.6) is 11.5 Å². The van der Waals surface area contributed by atoms with Crippen molar-refractivity contribution in [1.82, 2.24) is 14.8 Å². The summed E-state index contributed by atoms with van der Waals surface area (Å²) in [4.78, 5) is 11.0. The van der Waals surface area contributed by atoms with E-state index in [9.17, 15) is 10.1 Å². The number of benzene rings is 3. The van der Waals surface area contributed by atoms with Crippen molar-refractivity contribution >= 4 is 17.4 Å². The van der Waals surface area contributed by atoms with Gasteiger partial charge in [0.25, 0.3) is 5.69 Å². The van der Waals surface area contributed by atoms with Crippen LogP contribution in [-0.2, 0) is 23.7 Å². The number of nitro benzene ring substituents is 1. The summed E-state index contributed by atoms with van der Waals surface area (Å²) < 4.78 is 19.0. The number of aryl methyl sites for hydroxylation is 1. The number of hydrogen-bond donors (Lipinski definition) is 0. The molecule has 3 aromatic carbocycles. The molecule has 1 aliphatic heterocycles. The maximum atomic E-state index is 11.4. The topological polar surface area (TPSA) is 102 Å². The number of ether oxygens (including phenoxy) is 3. The molecule has 0 radical (unpaired) electrons. The summed E-state index contributed by atoms with van der Waals surface area (Å²) in [5.41, 5.74) is 3.31. The van der Waals surface area contributed by atoms with Gasteiger partial charge in [0.15, 0.2) is 17.8 Å². The normalized spacial score (nSPS) is 12.6. The summed E-state index contributed by atoms with van der Waals surface area (Å²) >= 11 is 1.42. The molecule has 5 rings (SSSR count). The highest BCUT2D eigenvalue weighted by atomic mass is 32.2. The van der Waals surface area contributed by atoms with Crippen molar-refractivity contribution in [3.63, 3.8) is 0 Å². The molecule has 9 nitrogen and oxygen atoms in total. The van der Waals surface area contributed by atoms with E-state index in [2.05, 4.69) is 10.2 Å². The first-order chi connectivity index (χ1) is 17.1. The Bertz CT molecular complexity index is 1360. The molecule has 4 aromatic rings. The second-order valence-electron chi connectivity index (χ2n) is 7.87. The van der Waals surface area contributed by atoms with Crippen LogP contribution < -0.4 is 9.47 Å². The standard InChI is InChI=1S/C25H22N4O5S/c1-17-7-5-6-10-22(17)33-14-23-26-27-25(28(23)20-8-3-2-4-9-20)35-15-19-12-21(29(30)31)11-18-13-32-16-34-24(18)19/h2-12H,13-16H2,1H3. The van der Waals surface area contributed by atoms with Crippen LogP contribution in [0, 0.1) is 17.0 Å². The van der Waals surface area contributed by atoms with Crippen LogP contribution in [0.3, 0.4) is 0 Å². The van der Waals surface area contributed by atoms with Gasteiger partial charge in [0, 0.05) is 34.7 Å². The zero-order valence-corrected chi connectivity index (χ0v) is 19.7. The Morgan fingerprint density at radius 2 is 1.91 bits per heavy atom. The second-order valence-corrected chi connectivity index (χ2v) is 8.82. The van der Waals surface area contributed by atoms with Crippen LogP contribution in [0.1, 0.15) is 22.5 Å². The van der Waals surface area contributed by atoms with Gasteiger partial charge >= 0.3 is 0 Å². The lowest BCUT2D eigenvalue weighted by Gasteiger charge is -2.20. The summed E-state index contributed by atoms with van der Waals surface area (Å²) in [7, 11) is 0. The molecular formula is C25H22N4O5S. The molecule has 0 spiro atoms. The number of nitrogens with zero attached hydrogens (tertiary/aromatic N) is 4.